The minimum Gasteiger partial charge on any atom is -0.493 e. The molecule has 2 aromatic carbocycles. The summed E-state index contributed by atoms with van der Waals surface area (Å²) in [6.45, 7) is 8.47. The Morgan fingerprint density at radius 2 is 1.64 bits per heavy atom. The second-order valence-electron chi connectivity index (χ2n) is 8.50. The molecular formula is C25H36N3O5+. The van der Waals surface area contributed by atoms with Crippen molar-refractivity contribution in [2.45, 2.75) is 20.0 Å². The molecule has 1 fully saturated rings. The van der Waals surface area contributed by atoms with Crippen LogP contribution in [0, 0.1) is 13.8 Å². The maximum absolute atomic E-state index is 12.5. The topological polar surface area (TPSA) is 84.7 Å². The number of ether oxygens (including phenoxy) is 3. The molecule has 0 bridgehead atoms. The van der Waals surface area contributed by atoms with Crippen LogP contribution in [0.5, 0.6) is 17.2 Å². The number of benzene rings is 2. The molecule has 1 amide bonds. The van der Waals surface area contributed by atoms with Gasteiger partial charge in [0.25, 0.3) is 5.91 Å². The van der Waals surface area contributed by atoms with Gasteiger partial charge < -0.3 is 29.5 Å². The molecule has 8 heteroatoms. The lowest BCUT2D eigenvalue weighted by Crippen LogP contribution is -3.15. The van der Waals surface area contributed by atoms with Crippen molar-refractivity contribution in [3.05, 3.63) is 47.5 Å². The zero-order chi connectivity index (χ0) is 23.8. The fraction of sp³-hybridized carbons (Fsp3) is 0.480. The van der Waals surface area contributed by atoms with Gasteiger partial charge in [0, 0.05) is 25.3 Å². The molecule has 33 heavy (non-hydrogen) atoms. The molecule has 0 saturated carbocycles. The molecule has 1 aliphatic heterocycles. The van der Waals surface area contributed by atoms with Crippen molar-refractivity contribution in [1.82, 2.24) is 4.90 Å². The van der Waals surface area contributed by atoms with Gasteiger partial charge in [-0.3, -0.25) is 9.69 Å². The van der Waals surface area contributed by atoms with Crippen LogP contribution in [0.25, 0.3) is 0 Å². The number of nitrogens with zero attached hydrogens (tertiary/aromatic N) is 1. The predicted molar refractivity (Wildman–Crippen MR) is 128 cm³/mol. The first kappa shape index (κ1) is 24.8. The summed E-state index contributed by atoms with van der Waals surface area (Å²) in [6.07, 6.45) is -0.645. The third-order valence-corrected chi connectivity index (χ3v) is 5.99. The number of anilines is 1. The Hall–Kier alpha value is -2.81. The summed E-state index contributed by atoms with van der Waals surface area (Å²) in [5.41, 5.74) is 3.06. The average Bonchev–Trinajstić information content (AvgIpc) is 2.81. The van der Waals surface area contributed by atoms with E-state index in [0.717, 1.165) is 43.0 Å². The standard InChI is InChI=1S/C25H35N3O5/c1-18-7-5-8-19(2)24(18)26-23(30)16-28-13-11-27(12-14-28)15-20(29)17-33-25-21(31-3)9-6-10-22(25)32-4/h5-10,20,29H,11-17H2,1-4H3,(H,26,30)/p+1/t20-/m1/s1. The number of carbonyl (C=O) groups is 1. The second-order valence-corrected chi connectivity index (χ2v) is 8.50. The van der Waals surface area contributed by atoms with E-state index in [1.54, 1.807) is 26.4 Å². The number of aryl methyl sites for hydroxylation is 2. The lowest BCUT2D eigenvalue weighted by Gasteiger charge is -2.33. The number of nitrogens with one attached hydrogen (secondary N) is 2. The summed E-state index contributed by atoms with van der Waals surface area (Å²) < 4.78 is 16.5. The number of methoxy groups -OCH3 is 2. The van der Waals surface area contributed by atoms with Gasteiger partial charge in [-0.1, -0.05) is 24.3 Å². The van der Waals surface area contributed by atoms with Crippen LogP contribution in [-0.2, 0) is 4.79 Å². The summed E-state index contributed by atoms with van der Waals surface area (Å²) in [5.74, 6) is 1.66. The van der Waals surface area contributed by atoms with E-state index in [4.69, 9.17) is 14.2 Å². The van der Waals surface area contributed by atoms with Gasteiger partial charge in [-0.25, -0.2) is 0 Å². The molecule has 3 rings (SSSR count). The lowest BCUT2D eigenvalue weighted by atomic mass is 10.1. The number of aliphatic hydroxyl groups is 1. The maximum Gasteiger partial charge on any atom is 0.279 e. The number of aliphatic hydroxyl groups excluding tert-OH is 1. The van der Waals surface area contributed by atoms with Gasteiger partial charge in [-0.2, -0.15) is 0 Å². The zero-order valence-electron chi connectivity index (χ0n) is 20.0. The van der Waals surface area contributed by atoms with Crippen LogP contribution in [0.4, 0.5) is 5.69 Å². The zero-order valence-corrected chi connectivity index (χ0v) is 20.0. The van der Waals surface area contributed by atoms with Gasteiger partial charge in [0.2, 0.25) is 5.75 Å². The number of para-hydroxylation sites is 2. The predicted octanol–water partition coefficient (Wildman–Crippen LogP) is 0.900. The number of amides is 1. The van der Waals surface area contributed by atoms with Crippen LogP contribution < -0.4 is 24.4 Å². The van der Waals surface area contributed by atoms with Crippen LogP contribution in [0.3, 0.4) is 0 Å². The molecule has 1 heterocycles. The number of rotatable bonds is 10. The number of quaternary nitrogens is 1. The van der Waals surface area contributed by atoms with Gasteiger partial charge in [0.1, 0.15) is 12.7 Å². The van der Waals surface area contributed by atoms with Gasteiger partial charge in [0.15, 0.2) is 18.0 Å². The molecule has 1 aliphatic rings. The van der Waals surface area contributed by atoms with Crippen LogP contribution >= 0.6 is 0 Å². The van der Waals surface area contributed by atoms with E-state index in [-0.39, 0.29) is 12.5 Å². The third-order valence-electron chi connectivity index (χ3n) is 5.99. The first-order chi connectivity index (χ1) is 15.9. The minimum atomic E-state index is -0.645. The highest BCUT2D eigenvalue weighted by atomic mass is 16.5. The lowest BCUT2D eigenvalue weighted by molar-refractivity contribution is -0.896. The third kappa shape index (κ3) is 6.83. The number of piperazine rings is 1. The summed E-state index contributed by atoms with van der Waals surface area (Å²) >= 11 is 0. The molecule has 0 unspecified atom stereocenters. The van der Waals surface area contributed by atoms with Gasteiger partial charge in [-0.05, 0) is 37.1 Å². The molecule has 0 aliphatic carbocycles. The number of hydrogen-bond acceptors (Lipinski definition) is 6. The van der Waals surface area contributed by atoms with Crippen molar-refractivity contribution < 1.29 is 29.0 Å². The van der Waals surface area contributed by atoms with E-state index < -0.39 is 6.10 Å². The first-order valence-electron chi connectivity index (χ1n) is 11.3. The molecule has 180 valence electrons. The molecule has 3 N–H and O–H groups in total. The highest BCUT2D eigenvalue weighted by Gasteiger charge is 2.24. The fourth-order valence-corrected chi connectivity index (χ4v) is 4.14. The van der Waals surface area contributed by atoms with Crippen molar-refractivity contribution in [3.8, 4) is 17.2 Å². The molecule has 0 spiro atoms. The van der Waals surface area contributed by atoms with Crippen LogP contribution in [0.15, 0.2) is 36.4 Å². The van der Waals surface area contributed by atoms with Crippen molar-refractivity contribution in [2.24, 2.45) is 0 Å². The van der Waals surface area contributed by atoms with Crippen molar-refractivity contribution in [1.29, 1.82) is 0 Å². The van der Waals surface area contributed by atoms with E-state index in [9.17, 15) is 9.90 Å². The van der Waals surface area contributed by atoms with Gasteiger partial charge in [0.05, 0.1) is 27.3 Å². The fourth-order valence-electron chi connectivity index (χ4n) is 4.14. The summed E-state index contributed by atoms with van der Waals surface area (Å²) in [6, 6.07) is 11.4. The molecule has 2 aromatic rings. The largest absolute Gasteiger partial charge is 0.493 e. The summed E-state index contributed by atoms with van der Waals surface area (Å²) in [7, 11) is 3.14. The van der Waals surface area contributed by atoms with Crippen molar-refractivity contribution in [3.63, 3.8) is 0 Å². The Bertz CT molecular complexity index is 886. The van der Waals surface area contributed by atoms with E-state index in [2.05, 4.69) is 10.2 Å². The van der Waals surface area contributed by atoms with Gasteiger partial charge >= 0.3 is 0 Å². The summed E-state index contributed by atoms with van der Waals surface area (Å²) in [5, 5.41) is 13.6. The number of hydrogen-bond donors (Lipinski definition) is 3. The Morgan fingerprint density at radius 1 is 1.06 bits per heavy atom. The molecule has 8 nitrogen and oxygen atoms in total. The van der Waals surface area contributed by atoms with Crippen LogP contribution in [0.1, 0.15) is 11.1 Å². The highest BCUT2D eigenvalue weighted by Crippen LogP contribution is 2.36. The Labute approximate surface area is 196 Å². The van der Waals surface area contributed by atoms with Crippen LogP contribution in [0.2, 0.25) is 0 Å². The number of carbonyl (C=O) groups excluding carboxylic acids is 1. The Kier molecular flexibility index (Phi) is 8.94. The van der Waals surface area contributed by atoms with E-state index in [1.165, 1.54) is 4.90 Å². The maximum atomic E-state index is 12.5. The van der Waals surface area contributed by atoms with Crippen molar-refractivity contribution in [2.75, 3.05) is 65.4 Å². The Morgan fingerprint density at radius 3 is 2.21 bits per heavy atom. The van der Waals surface area contributed by atoms with E-state index in [0.29, 0.717) is 30.3 Å². The SMILES string of the molecule is COc1cccc(OC)c1OC[C@H](O)CN1CC[NH+](CC(=O)Nc2c(C)cccc2C)CC1. The monoisotopic (exact) mass is 458 g/mol. The highest BCUT2D eigenvalue weighted by molar-refractivity contribution is 5.93. The molecule has 0 aromatic heterocycles. The molecule has 0 radical (unpaired) electrons. The molecule has 1 saturated heterocycles. The molecular weight excluding hydrogens is 422 g/mol. The normalized spacial score (nSPS) is 15.7. The van der Waals surface area contributed by atoms with Crippen LogP contribution in [-0.4, -0.2) is 82.1 Å². The number of β-amino-alcohol motifs (C(OH)–C–C–N with tert-alkyl or cyclic N) is 1. The van der Waals surface area contributed by atoms with E-state index >= 15 is 0 Å². The van der Waals surface area contributed by atoms with Crippen molar-refractivity contribution >= 4 is 11.6 Å². The van der Waals surface area contributed by atoms with E-state index in [1.807, 2.05) is 38.1 Å². The van der Waals surface area contributed by atoms with Gasteiger partial charge in [-0.15, -0.1) is 0 Å². The second kappa shape index (κ2) is 11.9. The average molecular weight is 459 g/mol. The minimum absolute atomic E-state index is 0.0371. The smallest absolute Gasteiger partial charge is 0.279 e. The summed E-state index contributed by atoms with van der Waals surface area (Å²) in [4.78, 5) is 16.0. The Balaban J connectivity index is 1.42. The first-order valence-corrected chi connectivity index (χ1v) is 11.3. The quantitative estimate of drug-likeness (QED) is 0.491. The molecule has 1 atom stereocenters.